The summed E-state index contributed by atoms with van der Waals surface area (Å²) in [6, 6.07) is -5.85. The van der Waals surface area contributed by atoms with E-state index in [0.29, 0.717) is 12.0 Å². The van der Waals surface area contributed by atoms with Gasteiger partial charge in [0.15, 0.2) is 0 Å². The van der Waals surface area contributed by atoms with Gasteiger partial charge in [-0.05, 0) is 49.8 Å². The maximum absolute atomic E-state index is 13.7. The molecule has 0 aliphatic carbocycles. The van der Waals surface area contributed by atoms with Gasteiger partial charge in [-0.1, -0.05) is 26.0 Å². The Bertz CT molecular complexity index is 1660. The summed E-state index contributed by atoms with van der Waals surface area (Å²) in [5.41, 5.74) is 11.8. The van der Waals surface area contributed by atoms with Crippen molar-refractivity contribution in [3.05, 3.63) is 29.8 Å². The number of aliphatic carboxylic acids is 1. The van der Waals surface area contributed by atoms with Crippen LogP contribution in [0.15, 0.2) is 24.3 Å². The molecule has 0 unspecified atom stereocenters. The summed E-state index contributed by atoms with van der Waals surface area (Å²) < 4.78 is 0. The van der Waals surface area contributed by atoms with Crippen LogP contribution in [0.3, 0.4) is 0 Å². The van der Waals surface area contributed by atoms with Crippen LogP contribution in [0.2, 0.25) is 0 Å². The number of nitrogens with zero attached hydrogens (tertiary/aromatic N) is 1. The molecule has 1 saturated heterocycles. The fourth-order valence-electron chi connectivity index (χ4n) is 5.71. The number of phenolic OH excluding ortho intramolecular Hbond substituents is 1. The molecule has 0 bridgehead atoms. The van der Waals surface area contributed by atoms with Gasteiger partial charge in [0.1, 0.15) is 48.0 Å². The number of carboxylic acids is 1. The van der Waals surface area contributed by atoms with Gasteiger partial charge in [-0.25, -0.2) is 4.79 Å². The number of aromatic hydroxyl groups is 1. The van der Waals surface area contributed by atoms with Crippen molar-refractivity contribution in [1.29, 1.82) is 0 Å². The lowest BCUT2D eigenvalue weighted by Crippen LogP contribution is -2.61. The van der Waals surface area contributed by atoms with Crippen LogP contribution in [0.1, 0.15) is 45.6 Å². The average molecular weight is 824 g/mol. The Hall–Kier alpha value is -5.91. The van der Waals surface area contributed by atoms with E-state index in [9.17, 15) is 68.7 Å². The van der Waals surface area contributed by atoms with Crippen molar-refractivity contribution >= 4 is 53.2 Å². The molecule has 1 heterocycles. The van der Waals surface area contributed by atoms with Gasteiger partial charge in [-0.2, -0.15) is 0 Å². The maximum Gasteiger partial charge on any atom is 0.328 e. The Morgan fingerprint density at radius 2 is 1.24 bits per heavy atom. The van der Waals surface area contributed by atoms with E-state index < -0.39 is 134 Å². The van der Waals surface area contributed by atoms with E-state index in [1.54, 1.807) is 13.8 Å². The number of nitrogens with two attached hydrogens (primary N) is 2. The van der Waals surface area contributed by atoms with Crippen molar-refractivity contribution in [2.24, 2.45) is 17.4 Å². The molecule has 58 heavy (non-hydrogen) atoms. The summed E-state index contributed by atoms with van der Waals surface area (Å²) in [6.07, 6.45) is -0.264. The Labute approximate surface area is 332 Å². The molecular formula is C35H53N9O14. The number of aliphatic hydroxyl groups excluding tert-OH is 3. The van der Waals surface area contributed by atoms with Crippen molar-refractivity contribution in [3.8, 4) is 5.75 Å². The Morgan fingerprint density at radius 3 is 1.76 bits per heavy atom. The predicted molar refractivity (Wildman–Crippen MR) is 199 cm³/mol. The van der Waals surface area contributed by atoms with Crippen LogP contribution in [-0.4, -0.2) is 158 Å². The SMILES string of the molecule is CC(C)[C@H](NC(=O)[C@H](CC(N)=O)NC(=O)[C@H](CO)NC(=O)[C@H](C)NC(=O)[C@H](CO)NC(=O)[C@@H](N)Cc1ccc(O)cc1)C(=O)N1CCC[C@H]1C(=O)N[C@@H](CO)C(=O)O. The van der Waals surface area contributed by atoms with Crippen LogP contribution < -0.4 is 43.4 Å². The fourth-order valence-corrected chi connectivity index (χ4v) is 5.71. The summed E-state index contributed by atoms with van der Waals surface area (Å²) in [5.74, 6) is -9.87. The molecule has 2 rings (SSSR count). The number of primary amides is 1. The van der Waals surface area contributed by atoms with Crippen LogP contribution >= 0.6 is 0 Å². The molecule has 8 amide bonds. The lowest BCUT2D eigenvalue weighted by molar-refractivity contribution is -0.146. The van der Waals surface area contributed by atoms with Gasteiger partial charge in [0.05, 0.1) is 32.3 Å². The van der Waals surface area contributed by atoms with E-state index in [0.717, 1.165) is 4.90 Å². The third kappa shape index (κ3) is 14.2. The molecule has 0 spiro atoms. The standard InChI is InChI=1S/C35H53N9O14/c1-16(2)27(34(56)44-10-4-5-25(44)33(55)42-24(15-47)35(57)58)43-30(52)21(12-26(37)49)39-32(54)23(14-46)40-28(50)17(3)38-31(53)22(13-45)41-29(51)20(36)11-18-6-8-19(48)9-7-18/h6-9,16-17,20-25,27,45-48H,4-5,10-15,36H2,1-3H3,(H2,37,49)(H,38,53)(H,39,54)(H,40,50)(H,41,51)(H,42,55)(H,43,52)(H,57,58)/t17-,20-,21-,22-,23-,24-,25-,27-/m0/s1. The zero-order valence-corrected chi connectivity index (χ0v) is 32.2. The van der Waals surface area contributed by atoms with Crippen molar-refractivity contribution in [1.82, 2.24) is 36.8 Å². The first-order valence-corrected chi connectivity index (χ1v) is 18.2. The fraction of sp³-hybridized carbons (Fsp3) is 0.571. The number of carboxylic acid groups (broad SMARTS) is 1. The first-order valence-electron chi connectivity index (χ1n) is 18.2. The van der Waals surface area contributed by atoms with E-state index in [2.05, 4.69) is 31.9 Å². The van der Waals surface area contributed by atoms with Gasteiger partial charge in [0, 0.05) is 6.54 Å². The number of carbonyl (C=O) groups is 9. The molecule has 0 radical (unpaired) electrons. The van der Waals surface area contributed by atoms with Crippen LogP contribution in [0.4, 0.5) is 0 Å². The number of rotatable bonds is 22. The highest BCUT2D eigenvalue weighted by molar-refractivity contribution is 5.99. The summed E-state index contributed by atoms with van der Waals surface area (Å²) >= 11 is 0. The number of benzene rings is 1. The Morgan fingerprint density at radius 1 is 0.724 bits per heavy atom. The number of hydrogen-bond donors (Lipinski definition) is 13. The smallest absolute Gasteiger partial charge is 0.328 e. The summed E-state index contributed by atoms with van der Waals surface area (Å²) in [4.78, 5) is 116. The predicted octanol–water partition coefficient (Wildman–Crippen LogP) is -6.23. The zero-order valence-electron chi connectivity index (χ0n) is 32.2. The van der Waals surface area contributed by atoms with E-state index in [-0.39, 0.29) is 25.1 Å². The molecule has 0 saturated carbocycles. The highest BCUT2D eigenvalue weighted by Crippen LogP contribution is 2.21. The number of phenols is 1. The monoisotopic (exact) mass is 823 g/mol. The van der Waals surface area contributed by atoms with E-state index in [1.165, 1.54) is 31.2 Å². The number of carbonyl (C=O) groups excluding carboxylic acids is 8. The molecule has 1 aliphatic heterocycles. The first-order chi connectivity index (χ1) is 27.2. The second-order valence-corrected chi connectivity index (χ2v) is 13.9. The summed E-state index contributed by atoms with van der Waals surface area (Å²) in [7, 11) is 0. The van der Waals surface area contributed by atoms with Crippen LogP contribution in [0.5, 0.6) is 5.75 Å². The van der Waals surface area contributed by atoms with Crippen molar-refractivity contribution < 1.29 is 68.7 Å². The molecule has 1 fully saturated rings. The quantitative estimate of drug-likeness (QED) is 0.0517. The molecule has 23 heteroatoms. The number of hydrogen-bond acceptors (Lipinski definition) is 14. The second kappa shape index (κ2) is 22.7. The van der Waals surface area contributed by atoms with Gasteiger partial charge >= 0.3 is 5.97 Å². The number of amides is 8. The minimum atomic E-state index is -1.76. The highest BCUT2D eigenvalue weighted by Gasteiger charge is 2.41. The van der Waals surface area contributed by atoms with Crippen molar-refractivity contribution in [2.45, 2.75) is 94.8 Å². The molecule has 1 aromatic carbocycles. The third-order valence-corrected chi connectivity index (χ3v) is 9.02. The molecule has 0 aromatic heterocycles. The van der Waals surface area contributed by atoms with Gasteiger partial charge in [0.2, 0.25) is 47.3 Å². The molecule has 15 N–H and O–H groups in total. The molecule has 1 aromatic rings. The summed E-state index contributed by atoms with van der Waals surface area (Å²) in [6.45, 7) is 1.54. The van der Waals surface area contributed by atoms with Crippen molar-refractivity contribution in [3.63, 3.8) is 0 Å². The minimum absolute atomic E-state index is 0.00269. The molecule has 8 atom stereocenters. The molecular weight excluding hydrogens is 770 g/mol. The number of aliphatic hydroxyl groups is 3. The normalized spacial score (nSPS) is 17.3. The Balaban J connectivity index is 2.07. The van der Waals surface area contributed by atoms with Gasteiger partial charge < -0.3 is 73.8 Å². The number of nitrogens with one attached hydrogen (secondary N) is 6. The second-order valence-electron chi connectivity index (χ2n) is 13.9. The summed E-state index contributed by atoms with van der Waals surface area (Å²) in [5, 5.41) is 61.0. The van der Waals surface area contributed by atoms with E-state index in [4.69, 9.17) is 11.5 Å². The minimum Gasteiger partial charge on any atom is -0.508 e. The van der Waals surface area contributed by atoms with Crippen molar-refractivity contribution in [2.75, 3.05) is 26.4 Å². The lowest BCUT2D eigenvalue weighted by atomic mass is 10.0. The maximum atomic E-state index is 13.7. The van der Waals surface area contributed by atoms with Gasteiger partial charge in [-0.3, -0.25) is 38.4 Å². The van der Waals surface area contributed by atoms with Crippen LogP contribution in [-0.2, 0) is 49.6 Å². The van der Waals surface area contributed by atoms with E-state index in [1.807, 2.05) is 0 Å². The Kier molecular flexibility index (Phi) is 18.9. The first kappa shape index (κ1) is 48.2. The molecule has 322 valence electrons. The van der Waals surface area contributed by atoms with Crippen LogP contribution in [0, 0.1) is 5.92 Å². The molecule has 1 aliphatic rings. The zero-order chi connectivity index (χ0) is 43.9. The average Bonchev–Trinajstić information content (AvgIpc) is 3.67. The van der Waals surface area contributed by atoms with Gasteiger partial charge in [0.25, 0.3) is 0 Å². The lowest BCUT2D eigenvalue weighted by Gasteiger charge is -2.32. The third-order valence-electron chi connectivity index (χ3n) is 9.02. The van der Waals surface area contributed by atoms with E-state index >= 15 is 0 Å². The highest BCUT2D eigenvalue weighted by atomic mass is 16.4. The van der Waals surface area contributed by atoms with Crippen LogP contribution in [0.25, 0.3) is 0 Å². The largest absolute Gasteiger partial charge is 0.508 e. The number of likely N-dealkylation sites (tertiary alicyclic amines) is 1. The topological polar surface area (TPSA) is 382 Å². The molecule has 23 nitrogen and oxygen atoms in total. The van der Waals surface area contributed by atoms with Gasteiger partial charge in [-0.15, -0.1) is 0 Å².